The molecule has 0 bridgehead atoms. The van der Waals surface area contributed by atoms with Gasteiger partial charge in [0.05, 0.1) is 6.54 Å². The van der Waals surface area contributed by atoms with Gasteiger partial charge in [0.2, 0.25) is 15.9 Å². The number of nitrogens with one attached hydrogen (secondary N) is 1. The Balaban J connectivity index is 3.11. The van der Waals surface area contributed by atoms with Crippen LogP contribution in [-0.4, -0.2) is 38.8 Å². The number of nitrogens with zero attached hydrogens (tertiary/aromatic N) is 1. The van der Waals surface area contributed by atoms with E-state index in [9.17, 15) is 17.6 Å². The van der Waals surface area contributed by atoms with Gasteiger partial charge in [0.1, 0.15) is 10.7 Å². The maximum Gasteiger partial charge on any atom is 0.246 e. The van der Waals surface area contributed by atoms with E-state index in [0.29, 0.717) is 6.54 Å². The van der Waals surface area contributed by atoms with Crippen LogP contribution in [0.25, 0.3) is 0 Å². The molecule has 0 atom stereocenters. The molecule has 112 valence electrons. The molecule has 0 unspecified atom stereocenters. The average molecular weight is 368 g/mol. The average Bonchev–Trinajstić information content (AvgIpc) is 2.33. The number of likely N-dealkylation sites (N-methyl/N-ethyl adjacent to an activating group) is 2. The normalized spacial score (nSPS) is 11.7. The van der Waals surface area contributed by atoms with Crippen molar-refractivity contribution >= 4 is 37.5 Å². The number of carbonyl (C=O) groups is 1. The molecule has 1 aromatic carbocycles. The highest BCUT2D eigenvalue weighted by molar-refractivity contribution is 9.10. The lowest BCUT2D eigenvalue weighted by Crippen LogP contribution is -2.38. The minimum atomic E-state index is -4.13. The van der Waals surface area contributed by atoms with Gasteiger partial charge in [-0.3, -0.25) is 4.79 Å². The number of amides is 1. The molecule has 0 heterocycles. The fourth-order valence-corrected chi connectivity index (χ4v) is 2.97. The smallest absolute Gasteiger partial charge is 0.246 e. The van der Waals surface area contributed by atoms with Crippen LogP contribution in [0.3, 0.4) is 0 Å². The third kappa shape index (κ3) is 3.68. The van der Waals surface area contributed by atoms with E-state index in [4.69, 9.17) is 5.73 Å². The Kier molecular flexibility index (Phi) is 5.49. The molecule has 0 aromatic heterocycles. The summed E-state index contributed by atoms with van der Waals surface area (Å²) in [5.74, 6) is -1.40. The zero-order valence-electron chi connectivity index (χ0n) is 11.0. The predicted molar refractivity (Wildman–Crippen MR) is 77.0 cm³/mol. The summed E-state index contributed by atoms with van der Waals surface area (Å²) in [6, 6.07) is 1.99. The highest BCUT2D eigenvalue weighted by Crippen LogP contribution is 2.27. The van der Waals surface area contributed by atoms with Crippen molar-refractivity contribution in [2.24, 2.45) is 0 Å². The standard InChI is InChI=1S/C11H15BrFN3O3S/c1-3-15-11(17)6-16(2)20(18,19)10-5-9(14)7(12)4-8(10)13/h4-5H,3,6,14H2,1-2H3,(H,15,17). The van der Waals surface area contributed by atoms with E-state index in [1.54, 1.807) is 6.92 Å². The Bertz CT molecular complexity index is 622. The number of nitrogens with two attached hydrogens (primary N) is 1. The molecule has 9 heteroatoms. The number of anilines is 1. The van der Waals surface area contributed by atoms with Crippen molar-refractivity contribution in [3.05, 3.63) is 22.4 Å². The maximum absolute atomic E-state index is 13.8. The molecule has 3 N–H and O–H groups in total. The molecule has 0 saturated carbocycles. The molecule has 0 aliphatic heterocycles. The summed E-state index contributed by atoms with van der Waals surface area (Å²) in [6.45, 7) is 1.69. The first kappa shape index (κ1) is 16.9. The summed E-state index contributed by atoms with van der Waals surface area (Å²) in [5, 5.41) is 2.46. The molecule has 1 rings (SSSR count). The Morgan fingerprint density at radius 1 is 1.50 bits per heavy atom. The van der Waals surface area contributed by atoms with E-state index < -0.39 is 33.2 Å². The number of halogens is 2. The minimum absolute atomic E-state index is 0.0939. The second-order valence-electron chi connectivity index (χ2n) is 4.02. The van der Waals surface area contributed by atoms with Crippen molar-refractivity contribution in [2.75, 3.05) is 25.9 Å². The van der Waals surface area contributed by atoms with Crippen LogP contribution in [0.4, 0.5) is 10.1 Å². The lowest BCUT2D eigenvalue weighted by Gasteiger charge is -2.17. The number of carbonyl (C=O) groups excluding carboxylic acids is 1. The van der Waals surface area contributed by atoms with E-state index in [-0.39, 0.29) is 10.2 Å². The van der Waals surface area contributed by atoms with Crippen molar-refractivity contribution < 1.29 is 17.6 Å². The Morgan fingerprint density at radius 3 is 2.65 bits per heavy atom. The van der Waals surface area contributed by atoms with Crippen LogP contribution in [0.5, 0.6) is 0 Å². The number of benzene rings is 1. The molecule has 0 aliphatic rings. The lowest BCUT2D eigenvalue weighted by molar-refractivity contribution is -0.121. The van der Waals surface area contributed by atoms with Crippen LogP contribution in [0.2, 0.25) is 0 Å². The van der Waals surface area contributed by atoms with Gasteiger partial charge in [-0.15, -0.1) is 0 Å². The zero-order valence-corrected chi connectivity index (χ0v) is 13.4. The molecule has 0 radical (unpaired) electrons. The summed E-state index contributed by atoms with van der Waals surface area (Å²) in [5.41, 5.74) is 5.65. The summed E-state index contributed by atoms with van der Waals surface area (Å²) < 4.78 is 39.2. The Morgan fingerprint density at radius 2 is 2.10 bits per heavy atom. The fraction of sp³-hybridized carbons (Fsp3) is 0.364. The van der Waals surface area contributed by atoms with Crippen molar-refractivity contribution in [3.63, 3.8) is 0 Å². The predicted octanol–water partition coefficient (Wildman–Crippen LogP) is 0.927. The van der Waals surface area contributed by atoms with Gasteiger partial charge in [-0.2, -0.15) is 4.31 Å². The molecular weight excluding hydrogens is 353 g/mol. The largest absolute Gasteiger partial charge is 0.398 e. The first-order chi connectivity index (χ1) is 9.20. The number of rotatable bonds is 5. The maximum atomic E-state index is 13.8. The van der Waals surface area contributed by atoms with E-state index >= 15 is 0 Å². The molecule has 0 aliphatic carbocycles. The summed E-state index contributed by atoms with van der Waals surface area (Å²) in [4.78, 5) is 10.8. The van der Waals surface area contributed by atoms with Gasteiger partial charge in [0.15, 0.2) is 0 Å². The fourth-order valence-electron chi connectivity index (χ4n) is 1.45. The second-order valence-corrected chi connectivity index (χ2v) is 6.89. The quantitative estimate of drug-likeness (QED) is 0.757. The van der Waals surface area contributed by atoms with E-state index in [1.165, 1.54) is 7.05 Å². The Hall–Kier alpha value is -1.19. The van der Waals surface area contributed by atoms with E-state index in [1.807, 2.05) is 0 Å². The van der Waals surface area contributed by atoms with Crippen LogP contribution in [0.15, 0.2) is 21.5 Å². The Labute approximate surface area is 125 Å². The summed E-state index contributed by atoms with van der Waals surface area (Å²) in [6.07, 6.45) is 0. The summed E-state index contributed by atoms with van der Waals surface area (Å²) in [7, 11) is -2.93. The van der Waals surface area contributed by atoms with Crippen molar-refractivity contribution in [3.8, 4) is 0 Å². The first-order valence-electron chi connectivity index (χ1n) is 5.67. The van der Waals surface area contributed by atoms with Crippen LogP contribution >= 0.6 is 15.9 Å². The topological polar surface area (TPSA) is 92.5 Å². The van der Waals surface area contributed by atoms with Gasteiger partial charge in [-0.1, -0.05) is 0 Å². The molecule has 0 fully saturated rings. The van der Waals surface area contributed by atoms with E-state index in [2.05, 4.69) is 21.2 Å². The number of nitrogen functional groups attached to an aromatic ring is 1. The van der Waals surface area contributed by atoms with Crippen LogP contribution in [0, 0.1) is 5.82 Å². The van der Waals surface area contributed by atoms with E-state index in [0.717, 1.165) is 16.4 Å². The monoisotopic (exact) mass is 367 g/mol. The van der Waals surface area contributed by atoms with Gasteiger partial charge in [0, 0.05) is 23.8 Å². The van der Waals surface area contributed by atoms with Gasteiger partial charge in [0.25, 0.3) is 0 Å². The van der Waals surface area contributed by atoms with Gasteiger partial charge in [-0.25, -0.2) is 12.8 Å². The van der Waals surface area contributed by atoms with Gasteiger partial charge in [-0.05, 0) is 35.0 Å². The number of hydrogen-bond acceptors (Lipinski definition) is 4. The molecule has 1 amide bonds. The van der Waals surface area contributed by atoms with Crippen molar-refractivity contribution in [2.45, 2.75) is 11.8 Å². The SMILES string of the molecule is CCNC(=O)CN(C)S(=O)(=O)c1cc(N)c(Br)cc1F. The van der Waals surface area contributed by atoms with Crippen LogP contribution < -0.4 is 11.1 Å². The highest BCUT2D eigenvalue weighted by Gasteiger charge is 2.26. The minimum Gasteiger partial charge on any atom is -0.398 e. The van der Waals surface area contributed by atoms with Gasteiger partial charge < -0.3 is 11.1 Å². The highest BCUT2D eigenvalue weighted by atomic mass is 79.9. The third-order valence-corrected chi connectivity index (χ3v) is 4.98. The third-order valence-electron chi connectivity index (χ3n) is 2.48. The molecule has 1 aromatic rings. The lowest BCUT2D eigenvalue weighted by atomic mass is 10.3. The van der Waals surface area contributed by atoms with Gasteiger partial charge >= 0.3 is 0 Å². The molecule has 0 saturated heterocycles. The van der Waals surface area contributed by atoms with Crippen molar-refractivity contribution in [1.82, 2.24) is 9.62 Å². The number of sulfonamides is 1. The molecule has 0 spiro atoms. The summed E-state index contributed by atoms with van der Waals surface area (Å²) >= 11 is 3.01. The van der Waals surface area contributed by atoms with Crippen LogP contribution in [0.1, 0.15) is 6.92 Å². The van der Waals surface area contributed by atoms with Crippen LogP contribution in [-0.2, 0) is 14.8 Å². The molecule has 6 nitrogen and oxygen atoms in total. The second kappa shape index (κ2) is 6.51. The number of hydrogen-bond donors (Lipinski definition) is 2. The zero-order chi connectivity index (χ0) is 15.5. The van der Waals surface area contributed by atoms with Crippen molar-refractivity contribution in [1.29, 1.82) is 0 Å². The molecular formula is C11H15BrFN3O3S. The first-order valence-corrected chi connectivity index (χ1v) is 7.91. The molecule has 20 heavy (non-hydrogen) atoms.